The van der Waals surface area contributed by atoms with Gasteiger partial charge in [0.1, 0.15) is 0 Å². The number of aryl methyl sites for hydroxylation is 1. The van der Waals surface area contributed by atoms with Gasteiger partial charge in [0.2, 0.25) is 0 Å². The van der Waals surface area contributed by atoms with Crippen LogP contribution < -0.4 is 5.32 Å². The van der Waals surface area contributed by atoms with Crippen molar-refractivity contribution in [1.82, 2.24) is 5.32 Å². The maximum Gasteiger partial charge on any atom is 0.261 e. The number of thiophene rings is 1. The number of carbonyl (C=O) groups excluding carboxylic acids is 1. The fourth-order valence-corrected chi connectivity index (χ4v) is 4.02. The molecule has 0 unspecified atom stereocenters. The third-order valence-corrected chi connectivity index (χ3v) is 5.37. The van der Waals surface area contributed by atoms with E-state index >= 15 is 0 Å². The first-order valence-corrected chi connectivity index (χ1v) is 7.95. The van der Waals surface area contributed by atoms with E-state index in [1.165, 1.54) is 11.3 Å². The van der Waals surface area contributed by atoms with Gasteiger partial charge in [-0.2, -0.15) is 0 Å². The number of benzene rings is 1. The van der Waals surface area contributed by atoms with Gasteiger partial charge in [0.05, 0.1) is 17.0 Å². The smallest absolute Gasteiger partial charge is 0.261 e. The summed E-state index contributed by atoms with van der Waals surface area (Å²) >= 11 is 1.53. The summed E-state index contributed by atoms with van der Waals surface area (Å²) in [5.74, 6) is -0.0466. The average molecular weight is 289 g/mol. The first-order chi connectivity index (χ1) is 9.66. The third kappa shape index (κ3) is 2.45. The number of carbonyl (C=O) groups is 1. The van der Waals surface area contributed by atoms with Gasteiger partial charge in [0.15, 0.2) is 0 Å². The van der Waals surface area contributed by atoms with Crippen molar-refractivity contribution in [2.75, 3.05) is 0 Å². The number of aliphatic hydroxyl groups is 1. The number of amides is 1. The van der Waals surface area contributed by atoms with Crippen LogP contribution in [0.3, 0.4) is 0 Å². The molecule has 1 amide bonds. The number of fused-ring (bicyclic) bond motifs is 1. The Morgan fingerprint density at radius 1 is 1.30 bits per heavy atom. The fraction of sp³-hybridized carbons (Fsp3) is 0.438. The van der Waals surface area contributed by atoms with Crippen LogP contribution >= 0.6 is 11.3 Å². The maximum absolute atomic E-state index is 12.4. The number of rotatable bonds is 2. The second kappa shape index (κ2) is 5.54. The molecule has 0 aliphatic heterocycles. The second-order valence-corrected chi connectivity index (χ2v) is 6.54. The molecule has 2 N–H and O–H groups in total. The molecule has 1 aliphatic carbocycles. The number of aliphatic hydroxyl groups excluding tert-OH is 1. The van der Waals surface area contributed by atoms with Crippen molar-refractivity contribution >= 4 is 27.3 Å². The summed E-state index contributed by atoms with van der Waals surface area (Å²) < 4.78 is 1.14. The normalized spacial score (nSPS) is 22.9. The van der Waals surface area contributed by atoms with Crippen molar-refractivity contribution in [3.63, 3.8) is 0 Å². The van der Waals surface area contributed by atoms with Crippen molar-refractivity contribution in [1.29, 1.82) is 0 Å². The molecule has 1 aliphatic rings. The van der Waals surface area contributed by atoms with Crippen LogP contribution in [-0.4, -0.2) is 23.2 Å². The van der Waals surface area contributed by atoms with Crippen molar-refractivity contribution in [3.05, 3.63) is 34.7 Å². The maximum atomic E-state index is 12.4. The highest BCUT2D eigenvalue weighted by Gasteiger charge is 2.26. The van der Waals surface area contributed by atoms with E-state index in [9.17, 15) is 9.90 Å². The van der Waals surface area contributed by atoms with Gasteiger partial charge in [-0.1, -0.05) is 31.0 Å². The Kier molecular flexibility index (Phi) is 3.76. The molecule has 3 rings (SSSR count). The Morgan fingerprint density at radius 3 is 2.80 bits per heavy atom. The highest BCUT2D eigenvalue weighted by molar-refractivity contribution is 7.21. The number of hydrogen-bond acceptors (Lipinski definition) is 3. The van der Waals surface area contributed by atoms with Crippen LogP contribution in [-0.2, 0) is 0 Å². The Balaban J connectivity index is 1.83. The molecule has 4 heteroatoms. The second-order valence-electron chi connectivity index (χ2n) is 5.48. The van der Waals surface area contributed by atoms with E-state index in [-0.39, 0.29) is 11.9 Å². The molecule has 1 heterocycles. The summed E-state index contributed by atoms with van der Waals surface area (Å²) in [7, 11) is 0. The van der Waals surface area contributed by atoms with Crippen LogP contribution in [0.2, 0.25) is 0 Å². The van der Waals surface area contributed by atoms with Gasteiger partial charge in [-0.05, 0) is 36.8 Å². The highest BCUT2D eigenvalue weighted by atomic mass is 32.1. The molecule has 3 nitrogen and oxygen atoms in total. The van der Waals surface area contributed by atoms with Gasteiger partial charge in [-0.15, -0.1) is 11.3 Å². The lowest BCUT2D eigenvalue weighted by molar-refractivity contribution is 0.0720. The fourth-order valence-electron chi connectivity index (χ4n) is 2.90. The lowest BCUT2D eigenvalue weighted by Crippen LogP contribution is -2.45. The summed E-state index contributed by atoms with van der Waals surface area (Å²) in [5, 5.41) is 14.1. The molecule has 1 aromatic heterocycles. The van der Waals surface area contributed by atoms with E-state index in [4.69, 9.17) is 0 Å². The molecule has 1 fully saturated rings. The summed E-state index contributed by atoms with van der Waals surface area (Å²) in [6.45, 7) is 1.99. The minimum Gasteiger partial charge on any atom is -0.391 e. The Morgan fingerprint density at radius 2 is 2.05 bits per heavy atom. The van der Waals surface area contributed by atoms with Crippen LogP contribution in [0, 0.1) is 6.92 Å². The van der Waals surface area contributed by atoms with E-state index in [1.807, 2.05) is 31.2 Å². The molecule has 0 bridgehead atoms. The molecule has 1 saturated carbocycles. The zero-order valence-corrected chi connectivity index (χ0v) is 12.4. The average Bonchev–Trinajstić information content (AvgIpc) is 2.79. The lowest BCUT2D eigenvalue weighted by Gasteiger charge is -2.28. The van der Waals surface area contributed by atoms with E-state index in [0.717, 1.165) is 46.2 Å². The molecule has 1 aromatic carbocycles. The zero-order valence-electron chi connectivity index (χ0n) is 11.6. The lowest BCUT2D eigenvalue weighted by atomic mass is 9.92. The van der Waals surface area contributed by atoms with Crippen molar-refractivity contribution in [3.8, 4) is 0 Å². The largest absolute Gasteiger partial charge is 0.391 e. The predicted octanol–water partition coefficient (Wildman–Crippen LogP) is 3.24. The van der Waals surface area contributed by atoms with Crippen LogP contribution in [0.1, 0.15) is 40.9 Å². The molecule has 2 aromatic rings. The Labute approximate surface area is 122 Å². The minimum absolute atomic E-state index is 0.0466. The molecule has 2 atom stereocenters. The van der Waals surface area contributed by atoms with E-state index in [1.54, 1.807) is 0 Å². The van der Waals surface area contributed by atoms with E-state index in [0.29, 0.717) is 0 Å². The standard InChI is InChI=1S/C16H19NO2S/c1-10-11-6-2-5-9-14(11)20-15(10)16(19)17-12-7-3-4-8-13(12)18/h2,5-6,9,12-13,18H,3-4,7-8H2,1H3,(H,17,19)/t12-,13-/m1/s1. The highest BCUT2D eigenvalue weighted by Crippen LogP contribution is 2.30. The van der Waals surface area contributed by atoms with Crippen LogP contribution in [0.25, 0.3) is 10.1 Å². The molecule has 0 spiro atoms. The molecule has 20 heavy (non-hydrogen) atoms. The van der Waals surface area contributed by atoms with E-state index < -0.39 is 6.10 Å². The predicted molar refractivity (Wildman–Crippen MR) is 82.3 cm³/mol. The molecule has 0 radical (unpaired) electrons. The SMILES string of the molecule is Cc1c(C(=O)N[C@@H]2CCCC[C@H]2O)sc2ccccc12. The summed E-state index contributed by atoms with van der Waals surface area (Å²) in [5.41, 5.74) is 1.04. The van der Waals surface area contributed by atoms with Crippen LogP contribution in [0.15, 0.2) is 24.3 Å². The molecular weight excluding hydrogens is 270 g/mol. The summed E-state index contributed by atoms with van der Waals surface area (Å²) in [4.78, 5) is 13.2. The number of nitrogens with one attached hydrogen (secondary N) is 1. The summed E-state index contributed by atoms with van der Waals surface area (Å²) in [6.07, 6.45) is 3.39. The minimum atomic E-state index is -0.401. The molecule has 106 valence electrons. The molecular formula is C16H19NO2S. The Bertz CT molecular complexity index is 634. The zero-order chi connectivity index (χ0) is 14.1. The Hall–Kier alpha value is -1.39. The van der Waals surface area contributed by atoms with Gasteiger partial charge in [-0.25, -0.2) is 0 Å². The van der Waals surface area contributed by atoms with Gasteiger partial charge in [-0.3, -0.25) is 4.79 Å². The van der Waals surface area contributed by atoms with E-state index in [2.05, 4.69) is 5.32 Å². The van der Waals surface area contributed by atoms with Crippen LogP contribution in [0.4, 0.5) is 0 Å². The monoisotopic (exact) mass is 289 g/mol. The quantitative estimate of drug-likeness (QED) is 0.891. The number of hydrogen-bond donors (Lipinski definition) is 2. The van der Waals surface area contributed by atoms with Gasteiger partial charge >= 0.3 is 0 Å². The van der Waals surface area contributed by atoms with Gasteiger partial charge in [0, 0.05) is 4.70 Å². The summed E-state index contributed by atoms with van der Waals surface area (Å²) in [6, 6.07) is 7.98. The molecule has 0 saturated heterocycles. The van der Waals surface area contributed by atoms with Gasteiger partial charge < -0.3 is 10.4 Å². The third-order valence-electron chi connectivity index (χ3n) is 4.10. The first-order valence-electron chi connectivity index (χ1n) is 7.14. The van der Waals surface area contributed by atoms with Crippen LogP contribution in [0.5, 0.6) is 0 Å². The first kappa shape index (κ1) is 13.6. The van der Waals surface area contributed by atoms with Crippen molar-refractivity contribution in [2.45, 2.75) is 44.8 Å². The topological polar surface area (TPSA) is 49.3 Å². The van der Waals surface area contributed by atoms with Crippen molar-refractivity contribution < 1.29 is 9.90 Å². The van der Waals surface area contributed by atoms with Crippen molar-refractivity contribution in [2.24, 2.45) is 0 Å². The van der Waals surface area contributed by atoms with Gasteiger partial charge in [0.25, 0.3) is 5.91 Å².